The van der Waals surface area contributed by atoms with Crippen LogP contribution in [-0.4, -0.2) is 49.0 Å². The van der Waals surface area contributed by atoms with Crippen LogP contribution in [0.1, 0.15) is 24.8 Å². The number of hydrazine groups is 1. The van der Waals surface area contributed by atoms with Crippen molar-refractivity contribution < 1.29 is 28.2 Å². The highest BCUT2D eigenvalue weighted by Gasteiger charge is 2.45. The minimum Gasteiger partial charge on any atom is -0.504 e. The zero-order valence-corrected chi connectivity index (χ0v) is 22.5. The van der Waals surface area contributed by atoms with Gasteiger partial charge in [0.1, 0.15) is 23.5 Å². The Hall–Kier alpha value is -5.24. The molecule has 1 atom stereocenters. The normalized spacial score (nSPS) is 14.1. The summed E-state index contributed by atoms with van der Waals surface area (Å²) in [7, 11) is 1.74. The number of aromatic hydroxyl groups is 1. The van der Waals surface area contributed by atoms with Gasteiger partial charge in [-0.1, -0.05) is 0 Å². The fraction of sp³-hybridized carbons (Fsp3) is 0.214. The maximum atomic E-state index is 15.5. The predicted molar refractivity (Wildman–Crippen MR) is 149 cm³/mol. The zero-order valence-electron chi connectivity index (χ0n) is 22.5. The minimum absolute atomic E-state index is 0.0424. The van der Waals surface area contributed by atoms with Gasteiger partial charge in [0.25, 0.3) is 11.8 Å². The number of nitrogen functional groups attached to an aromatic ring is 1. The molecule has 7 N–H and O–H groups in total. The summed E-state index contributed by atoms with van der Waals surface area (Å²) in [4.78, 5) is 20.3. The first-order chi connectivity index (χ1) is 20.2. The molecule has 1 unspecified atom stereocenters. The van der Waals surface area contributed by atoms with E-state index in [2.05, 4.69) is 15.4 Å². The Morgan fingerprint density at radius 3 is 2.67 bits per heavy atom. The Morgan fingerprint density at radius 2 is 1.95 bits per heavy atom. The van der Waals surface area contributed by atoms with Crippen molar-refractivity contribution in [3.8, 4) is 40.3 Å². The highest BCUT2D eigenvalue weighted by molar-refractivity contribution is 5.98. The van der Waals surface area contributed by atoms with Crippen molar-refractivity contribution in [2.24, 2.45) is 18.5 Å². The van der Waals surface area contributed by atoms with E-state index in [4.69, 9.17) is 26.4 Å². The second-order valence-electron chi connectivity index (χ2n) is 9.55. The third kappa shape index (κ3) is 5.78. The van der Waals surface area contributed by atoms with Gasteiger partial charge in [-0.25, -0.2) is 19.4 Å². The number of imidazole rings is 1. The Bertz CT molecular complexity index is 1660. The van der Waals surface area contributed by atoms with E-state index in [0.717, 1.165) is 12.8 Å². The van der Waals surface area contributed by atoms with Gasteiger partial charge in [-0.15, -0.1) is 0 Å². The number of carbonyl (C=O) groups excluding carboxylic acids is 1. The lowest BCUT2D eigenvalue weighted by atomic mass is 10.1. The lowest BCUT2D eigenvalue weighted by Gasteiger charge is -2.16. The number of benzene rings is 2. The number of pyridine rings is 1. The molecule has 1 fully saturated rings. The number of halogens is 2. The number of aryl methyl sites for hydroxylation is 1. The van der Waals surface area contributed by atoms with Gasteiger partial charge in [0.15, 0.2) is 17.3 Å². The number of hydrogen-bond donors (Lipinski definition) is 5. The van der Waals surface area contributed by atoms with Crippen LogP contribution in [0.2, 0.25) is 0 Å². The van der Waals surface area contributed by atoms with Crippen molar-refractivity contribution in [1.29, 1.82) is 5.41 Å². The molecule has 4 aromatic rings. The Morgan fingerprint density at radius 1 is 1.14 bits per heavy atom. The summed E-state index contributed by atoms with van der Waals surface area (Å²) in [5.74, 6) is -4.35. The average molecular weight is 579 g/mol. The average Bonchev–Trinajstić information content (AvgIpc) is 3.34. The molecular weight excluding hydrogens is 550 g/mol. The quantitative estimate of drug-likeness (QED) is 0.0719. The number of rotatable bonds is 12. The van der Waals surface area contributed by atoms with E-state index >= 15 is 4.39 Å². The van der Waals surface area contributed by atoms with Crippen molar-refractivity contribution in [2.45, 2.75) is 25.3 Å². The molecular formula is C28H28F2N8O4. The Balaban J connectivity index is 1.44. The van der Waals surface area contributed by atoms with E-state index in [0.29, 0.717) is 36.2 Å². The van der Waals surface area contributed by atoms with Crippen LogP contribution < -0.4 is 26.4 Å². The van der Waals surface area contributed by atoms with Crippen molar-refractivity contribution in [2.75, 3.05) is 12.0 Å². The van der Waals surface area contributed by atoms with Gasteiger partial charge in [-0.3, -0.25) is 15.6 Å². The number of ether oxygens (including phenoxy) is 2. The summed E-state index contributed by atoms with van der Waals surface area (Å²) in [6.07, 6.45) is 6.30. The number of aromatic nitrogens is 3. The molecule has 1 saturated heterocycles. The number of unbranched alkanes of at least 4 members (excludes halogenated alkanes) is 1. The fourth-order valence-corrected chi connectivity index (χ4v) is 4.29. The van der Waals surface area contributed by atoms with Crippen LogP contribution >= 0.6 is 0 Å². The molecule has 42 heavy (non-hydrogen) atoms. The molecule has 2 aromatic carbocycles. The molecule has 3 heterocycles. The smallest absolute Gasteiger partial charge is 0.266 e. The third-order valence-corrected chi connectivity index (χ3v) is 6.58. The second kappa shape index (κ2) is 11.7. The molecule has 2 aromatic heterocycles. The number of amides is 1. The number of anilines is 1. The number of carbonyl (C=O) groups is 1. The van der Waals surface area contributed by atoms with E-state index in [1.165, 1.54) is 29.3 Å². The summed E-state index contributed by atoms with van der Waals surface area (Å²) < 4.78 is 43.2. The standard InChI is InChI=1S/C28H28F2N8O4/c1-37-11-10-34-26(37)17-13-16(36-38-19(28(38)40)4-2-3-9-31)6-8-21(17)41-24-18(29)14-35-27(23(24)30)42-22-12-15(25(32)33)5-7-20(22)39/h5-8,10-14,19,36,39H,2-4,9,31H2,1H3,(H3,32,33). The second-order valence-corrected chi connectivity index (χ2v) is 9.55. The first kappa shape index (κ1) is 28.3. The van der Waals surface area contributed by atoms with Crippen LogP contribution in [0.4, 0.5) is 14.5 Å². The first-order valence-electron chi connectivity index (χ1n) is 13.0. The molecule has 0 aliphatic carbocycles. The number of amidine groups is 1. The summed E-state index contributed by atoms with van der Waals surface area (Å²) in [6, 6.07) is 8.31. The highest BCUT2D eigenvalue weighted by atomic mass is 19.1. The van der Waals surface area contributed by atoms with Crippen LogP contribution in [0, 0.1) is 17.0 Å². The van der Waals surface area contributed by atoms with Gasteiger partial charge < -0.3 is 30.6 Å². The number of nitrogens with one attached hydrogen (secondary N) is 2. The molecule has 0 spiro atoms. The van der Waals surface area contributed by atoms with E-state index in [1.54, 1.807) is 36.1 Å². The molecule has 0 radical (unpaired) electrons. The third-order valence-electron chi connectivity index (χ3n) is 6.58. The molecule has 5 rings (SSSR count). The monoisotopic (exact) mass is 578 g/mol. The van der Waals surface area contributed by atoms with E-state index in [-0.39, 0.29) is 40.6 Å². The molecule has 12 nitrogen and oxygen atoms in total. The van der Waals surface area contributed by atoms with Gasteiger partial charge in [-0.05, 0) is 62.2 Å². The van der Waals surface area contributed by atoms with Crippen molar-refractivity contribution in [1.82, 2.24) is 19.5 Å². The predicted octanol–water partition coefficient (Wildman–Crippen LogP) is 4.00. The molecule has 1 amide bonds. The van der Waals surface area contributed by atoms with Gasteiger partial charge in [-0.2, -0.15) is 4.39 Å². The van der Waals surface area contributed by atoms with Crippen molar-refractivity contribution in [3.05, 3.63) is 72.2 Å². The molecule has 1 aliphatic rings. The maximum absolute atomic E-state index is 15.5. The lowest BCUT2D eigenvalue weighted by molar-refractivity contribution is -0.113. The highest BCUT2D eigenvalue weighted by Crippen LogP contribution is 2.40. The van der Waals surface area contributed by atoms with Crippen LogP contribution in [0.3, 0.4) is 0 Å². The minimum atomic E-state index is -1.27. The van der Waals surface area contributed by atoms with Gasteiger partial charge in [0, 0.05) is 25.0 Å². The van der Waals surface area contributed by atoms with E-state index in [9.17, 15) is 14.3 Å². The van der Waals surface area contributed by atoms with Crippen LogP contribution in [0.25, 0.3) is 11.4 Å². The molecule has 14 heteroatoms. The van der Waals surface area contributed by atoms with Gasteiger partial charge in [0.2, 0.25) is 11.6 Å². The fourth-order valence-electron chi connectivity index (χ4n) is 4.29. The molecule has 218 valence electrons. The summed E-state index contributed by atoms with van der Waals surface area (Å²) in [5.41, 5.74) is 15.2. The Kier molecular flexibility index (Phi) is 7.88. The largest absolute Gasteiger partial charge is 0.504 e. The topological polar surface area (TPSA) is 177 Å². The van der Waals surface area contributed by atoms with E-state index in [1.807, 2.05) is 0 Å². The van der Waals surface area contributed by atoms with Crippen molar-refractivity contribution in [3.63, 3.8) is 0 Å². The summed E-state index contributed by atoms with van der Waals surface area (Å²) >= 11 is 0. The van der Waals surface area contributed by atoms with E-state index < -0.39 is 23.3 Å². The van der Waals surface area contributed by atoms with Crippen LogP contribution in [0.5, 0.6) is 28.9 Å². The Labute approximate surface area is 239 Å². The number of phenols is 1. The summed E-state index contributed by atoms with van der Waals surface area (Å²) in [5, 5.41) is 19.2. The summed E-state index contributed by atoms with van der Waals surface area (Å²) in [6.45, 7) is 0.560. The molecule has 0 bridgehead atoms. The maximum Gasteiger partial charge on any atom is 0.266 e. The molecule has 1 aliphatic heterocycles. The number of nitrogens with zero attached hydrogens (tertiary/aromatic N) is 4. The van der Waals surface area contributed by atoms with Crippen molar-refractivity contribution >= 4 is 17.4 Å². The van der Waals surface area contributed by atoms with Crippen LogP contribution in [0.15, 0.2) is 55.0 Å². The number of phenolic OH excluding ortho intramolecular Hbond substituents is 1. The van der Waals surface area contributed by atoms with Gasteiger partial charge >= 0.3 is 0 Å². The number of hydrogen-bond acceptors (Lipinski definition) is 9. The molecule has 0 saturated carbocycles. The zero-order chi connectivity index (χ0) is 30.0. The lowest BCUT2D eigenvalue weighted by Crippen LogP contribution is -2.12. The van der Waals surface area contributed by atoms with Crippen LogP contribution in [-0.2, 0) is 11.8 Å². The number of nitrogens with two attached hydrogens (primary N) is 2. The SMILES string of the molecule is Cn1ccnc1-c1cc(NN2C(=O)C2CCCCN)ccc1Oc1c(F)cnc(Oc2cc(C(=N)N)ccc2O)c1F. The first-order valence-corrected chi connectivity index (χ1v) is 13.0. The van der Waals surface area contributed by atoms with Gasteiger partial charge in [0.05, 0.1) is 17.4 Å².